The summed E-state index contributed by atoms with van der Waals surface area (Å²) in [5.74, 6) is 0.0869. The molecule has 0 aliphatic rings. The van der Waals surface area contributed by atoms with Crippen LogP contribution in [0.5, 0.6) is 5.75 Å². The minimum Gasteiger partial charge on any atom is -0.508 e. The zero-order valence-corrected chi connectivity index (χ0v) is 16.6. The molecule has 0 aliphatic carbocycles. The molecule has 5 nitrogen and oxygen atoms in total. The van der Waals surface area contributed by atoms with Crippen LogP contribution in [-0.4, -0.2) is 27.3 Å². The lowest BCUT2D eigenvalue weighted by molar-refractivity contribution is 0.0954. The molecule has 1 amide bonds. The second kappa shape index (κ2) is 8.75. The van der Waals surface area contributed by atoms with Gasteiger partial charge in [0, 0.05) is 12.7 Å². The van der Waals surface area contributed by atoms with Crippen LogP contribution in [0, 0.1) is 0 Å². The fourth-order valence-corrected chi connectivity index (χ4v) is 3.89. The number of carbonyl (C=O) groups excluding carboxylic acids is 1. The highest BCUT2D eigenvalue weighted by atomic mass is 32.1. The molecule has 29 heavy (non-hydrogen) atoms. The number of nitrogens with zero attached hydrogens (tertiary/aromatic N) is 2. The number of hydrogen-bond donors (Lipinski definition) is 2. The summed E-state index contributed by atoms with van der Waals surface area (Å²) in [5, 5.41) is 19.2. The Balaban J connectivity index is 1.50. The SMILES string of the molecule is O=C(NCCc1cccc(O)c1)c1cn(Cc2ccccc2)nc1-c1cccs1. The number of thiophene rings is 1. The van der Waals surface area contributed by atoms with Crippen LogP contribution >= 0.6 is 11.3 Å². The molecule has 0 saturated carbocycles. The van der Waals surface area contributed by atoms with Crippen molar-refractivity contribution < 1.29 is 9.90 Å². The van der Waals surface area contributed by atoms with Gasteiger partial charge in [0.1, 0.15) is 11.4 Å². The molecule has 2 aromatic carbocycles. The molecule has 0 atom stereocenters. The molecule has 2 N–H and O–H groups in total. The maximum atomic E-state index is 12.9. The normalized spacial score (nSPS) is 10.8. The molecular weight excluding hydrogens is 382 g/mol. The van der Waals surface area contributed by atoms with E-state index < -0.39 is 0 Å². The Kier molecular flexibility index (Phi) is 5.72. The number of phenols is 1. The zero-order chi connectivity index (χ0) is 20.1. The lowest BCUT2D eigenvalue weighted by Crippen LogP contribution is -2.25. The Morgan fingerprint density at radius 2 is 1.86 bits per heavy atom. The van der Waals surface area contributed by atoms with Crippen molar-refractivity contribution in [3.63, 3.8) is 0 Å². The van der Waals surface area contributed by atoms with Gasteiger partial charge in [0.25, 0.3) is 5.91 Å². The van der Waals surface area contributed by atoms with Gasteiger partial charge in [-0.15, -0.1) is 11.3 Å². The van der Waals surface area contributed by atoms with Crippen molar-refractivity contribution in [2.45, 2.75) is 13.0 Å². The summed E-state index contributed by atoms with van der Waals surface area (Å²) in [6, 6.07) is 21.1. The van der Waals surface area contributed by atoms with E-state index in [0.29, 0.717) is 30.8 Å². The monoisotopic (exact) mass is 403 g/mol. The quantitative estimate of drug-likeness (QED) is 0.482. The van der Waals surface area contributed by atoms with Crippen LogP contribution < -0.4 is 5.32 Å². The number of aromatic hydroxyl groups is 1. The largest absolute Gasteiger partial charge is 0.508 e. The molecule has 0 aliphatic heterocycles. The molecule has 0 bridgehead atoms. The molecule has 4 rings (SSSR count). The molecule has 2 heterocycles. The summed E-state index contributed by atoms with van der Waals surface area (Å²) < 4.78 is 1.81. The van der Waals surface area contributed by atoms with Crippen LogP contribution in [0.1, 0.15) is 21.5 Å². The lowest BCUT2D eigenvalue weighted by Gasteiger charge is -2.05. The van der Waals surface area contributed by atoms with Crippen molar-refractivity contribution in [1.82, 2.24) is 15.1 Å². The standard InChI is InChI=1S/C23H21N3O2S/c27-19-9-4-8-17(14-19)11-12-24-23(28)20-16-26(15-18-6-2-1-3-7-18)25-22(20)21-10-5-13-29-21/h1-10,13-14,16,27H,11-12,15H2,(H,24,28). The number of nitrogens with one attached hydrogen (secondary N) is 1. The number of amides is 1. The molecule has 2 aromatic heterocycles. The molecule has 0 unspecified atom stereocenters. The Labute approximate surface area is 173 Å². The van der Waals surface area contributed by atoms with E-state index in [-0.39, 0.29) is 11.7 Å². The van der Waals surface area contributed by atoms with E-state index in [2.05, 4.69) is 10.4 Å². The van der Waals surface area contributed by atoms with Gasteiger partial charge in [-0.2, -0.15) is 5.10 Å². The van der Waals surface area contributed by atoms with Crippen molar-refractivity contribution in [2.24, 2.45) is 0 Å². The number of hydrogen-bond acceptors (Lipinski definition) is 4. The fraction of sp³-hybridized carbons (Fsp3) is 0.130. The third-order valence-corrected chi connectivity index (χ3v) is 5.43. The summed E-state index contributed by atoms with van der Waals surface area (Å²) >= 11 is 1.57. The Morgan fingerprint density at radius 3 is 2.62 bits per heavy atom. The van der Waals surface area contributed by atoms with Crippen LogP contribution in [0.25, 0.3) is 10.6 Å². The topological polar surface area (TPSA) is 67.2 Å². The van der Waals surface area contributed by atoms with E-state index in [4.69, 9.17) is 0 Å². The predicted molar refractivity (Wildman–Crippen MR) is 115 cm³/mol. The van der Waals surface area contributed by atoms with Gasteiger partial charge in [0.2, 0.25) is 0 Å². The second-order valence-corrected chi connectivity index (χ2v) is 7.68. The van der Waals surface area contributed by atoms with Crippen molar-refractivity contribution in [2.75, 3.05) is 6.54 Å². The van der Waals surface area contributed by atoms with E-state index >= 15 is 0 Å². The third kappa shape index (κ3) is 4.73. The summed E-state index contributed by atoms with van der Waals surface area (Å²) in [6.45, 7) is 1.09. The van der Waals surface area contributed by atoms with Gasteiger partial charge in [-0.3, -0.25) is 9.48 Å². The highest BCUT2D eigenvalue weighted by Crippen LogP contribution is 2.27. The summed E-state index contributed by atoms with van der Waals surface area (Å²) in [7, 11) is 0. The fourth-order valence-electron chi connectivity index (χ4n) is 3.16. The molecule has 146 valence electrons. The molecule has 0 spiro atoms. The van der Waals surface area contributed by atoms with Gasteiger partial charge in [0.15, 0.2) is 0 Å². The van der Waals surface area contributed by atoms with Crippen LogP contribution in [-0.2, 0) is 13.0 Å². The predicted octanol–water partition coefficient (Wildman–Crippen LogP) is 4.34. The van der Waals surface area contributed by atoms with E-state index in [1.807, 2.05) is 64.8 Å². The van der Waals surface area contributed by atoms with Crippen molar-refractivity contribution in [1.29, 1.82) is 0 Å². The van der Waals surface area contributed by atoms with E-state index in [1.54, 1.807) is 29.5 Å². The number of phenolic OH excluding ortho intramolecular Hbond substituents is 1. The average molecular weight is 404 g/mol. The maximum Gasteiger partial charge on any atom is 0.255 e. The maximum absolute atomic E-state index is 12.9. The number of rotatable bonds is 7. The second-order valence-electron chi connectivity index (χ2n) is 6.73. The average Bonchev–Trinajstić information content (AvgIpc) is 3.38. The molecule has 0 radical (unpaired) electrons. The molecular formula is C23H21N3O2S. The summed E-state index contributed by atoms with van der Waals surface area (Å²) in [6.07, 6.45) is 2.46. The van der Waals surface area contributed by atoms with Gasteiger partial charge in [-0.25, -0.2) is 0 Å². The number of benzene rings is 2. The van der Waals surface area contributed by atoms with Crippen LogP contribution in [0.15, 0.2) is 78.3 Å². The molecule has 6 heteroatoms. The van der Waals surface area contributed by atoms with Gasteiger partial charge in [-0.05, 0) is 41.1 Å². The van der Waals surface area contributed by atoms with Crippen LogP contribution in [0.2, 0.25) is 0 Å². The first-order valence-electron chi connectivity index (χ1n) is 9.40. The molecule has 0 fully saturated rings. The Bertz CT molecular complexity index is 1090. The zero-order valence-electron chi connectivity index (χ0n) is 15.8. The first kappa shape index (κ1) is 19.0. The van der Waals surface area contributed by atoms with E-state index in [1.165, 1.54) is 0 Å². The first-order valence-corrected chi connectivity index (χ1v) is 10.3. The van der Waals surface area contributed by atoms with Crippen molar-refractivity contribution in [3.05, 3.63) is 95.0 Å². The third-order valence-electron chi connectivity index (χ3n) is 4.56. The minimum atomic E-state index is -0.145. The van der Waals surface area contributed by atoms with Crippen molar-refractivity contribution >= 4 is 17.2 Å². The Hall–Kier alpha value is -3.38. The number of carbonyl (C=O) groups is 1. The molecule has 0 saturated heterocycles. The number of aromatic nitrogens is 2. The Morgan fingerprint density at radius 1 is 1.03 bits per heavy atom. The van der Waals surface area contributed by atoms with Gasteiger partial charge in [-0.1, -0.05) is 48.5 Å². The van der Waals surface area contributed by atoms with E-state index in [0.717, 1.165) is 16.0 Å². The van der Waals surface area contributed by atoms with E-state index in [9.17, 15) is 9.90 Å². The van der Waals surface area contributed by atoms with Gasteiger partial charge in [0.05, 0.1) is 17.0 Å². The van der Waals surface area contributed by atoms with Gasteiger partial charge >= 0.3 is 0 Å². The first-order chi connectivity index (χ1) is 14.2. The van der Waals surface area contributed by atoms with Crippen LogP contribution in [0.4, 0.5) is 0 Å². The minimum absolute atomic E-state index is 0.145. The summed E-state index contributed by atoms with van der Waals surface area (Å²) in [5.41, 5.74) is 3.37. The smallest absolute Gasteiger partial charge is 0.255 e. The highest BCUT2D eigenvalue weighted by molar-refractivity contribution is 7.13. The van der Waals surface area contributed by atoms with Crippen LogP contribution in [0.3, 0.4) is 0 Å². The van der Waals surface area contributed by atoms with Crippen molar-refractivity contribution in [3.8, 4) is 16.3 Å². The summed E-state index contributed by atoms with van der Waals surface area (Å²) in [4.78, 5) is 13.8. The molecule has 4 aromatic rings. The van der Waals surface area contributed by atoms with Gasteiger partial charge < -0.3 is 10.4 Å². The lowest BCUT2D eigenvalue weighted by atomic mass is 10.1. The highest BCUT2D eigenvalue weighted by Gasteiger charge is 2.18.